The van der Waals surface area contributed by atoms with E-state index in [-0.39, 0.29) is 23.6 Å². The van der Waals surface area contributed by atoms with Gasteiger partial charge in [-0.15, -0.1) is 0 Å². The molecule has 0 aliphatic heterocycles. The van der Waals surface area contributed by atoms with E-state index in [1.54, 1.807) is 6.92 Å². The van der Waals surface area contributed by atoms with Crippen molar-refractivity contribution >= 4 is 17.5 Å². The molecule has 0 radical (unpaired) electrons. The maximum Gasteiger partial charge on any atom is 0.339 e. The van der Waals surface area contributed by atoms with E-state index in [9.17, 15) is 4.79 Å². The highest BCUT2D eigenvalue weighted by Crippen LogP contribution is 2.16. The highest BCUT2D eigenvalue weighted by Gasteiger charge is 2.12. The molecule has 2 aromatic heterocycles. The number of nitrogens with zero attached hydrogens (tertiary/aromatic N) is 3. The molecule has 8 heteroatoms. The molecule has 0 amide bonds. The highest BCUT2D eigenvalue weighted by molar-refractivity contribution is 5.94. The summed E-state index contributed by atoms with van der Waals surface area (Å²) in [5, 5.41) is 15.4. The number of carbonyl (C=O) groups is 1. The van der Waals surface area contributed by atoms with Gasteiger partial charge < -0.3 is 20.7 Å². The first-order valence-corrected chi connectivity index (χ1v) is 5.08. The second-order valence-corrected chi connectivity index (χ2v) is 3.56. The maximum absolute atomic E-state index is 11.0. The fraction of sp³-hybridized carbons (Fsp3) is 0.200. The molecule has 0 aromatic carbocycles. The van der Waals surface area contributed by atoms with E-state index < -0.39 is 5.97 Å². The molecule has 2 aromatic rings. The normalized spacial score (nSPS) is 10.3. The van der Waals surface area contributed by atoms with Gasteiger partial charge >= 0.3 is 5.97 Å². The van der Waals surface area contributed by atoms with E-state index in [1.165, 1.54) is 12.3 Å². The summed E-state index contributed by atoms with van der Waals surface area (Å²) in [7, 11) is 0. The molecule has 2 heterocycles. The first-order valence-electron chi connectivity index (χ1n) is 5.08. The Morgan fingerprint density at radius 2 is 2.39 bits per heavy atom. The molecular weight excluding hydrogens is 238 g/mol. The van der Waals surface area contributed by atoms with Crippen molar-refractivity contribution in [3.63, 3.8) is 0 Å². The number of carboxylic acids is 1. The topological polar surface area (TPSA) is 127 Å². The molecule has 4 N–H and O–H groups in total. The van der Waals surface area contributed by atoms with Crippen LogP contribution in [0.15, 0.2) is 16.8 Å². The number of aryl methyl sites for hydroxylation is 1. The van der Waals surface area contributed by atoms with Crippen LogP contribution in [0.2, 0.25) is 0 Å². The summed E-state index contributed by atoms with van der Waals surface area (Å²) in [4.78, 5) is 18.9. The van der Waals surface area contributed by atoms with Gasteiger partial charge in [-0.1, -0.05) is 5.16 Å². The zero-order valence-electron chi connectivity index (χ0n) is 9.54. The van der Waals surface area contributed by atoms with Gasteiger partial charge in [0.25, 0.3) is 0 Å². The number of rotatable bonds is 4. The Kier molecular flexibility index (Phi) is 3.09. The van der Waals surface area contributed by atoms with Gasteiger partial charge in [0.15, 0.2) is 5.82 Å². The third kappa shape index (κ3) is 2.54. The summed E-state index contributed by atoms with van der Waals surface area (Å²) in [5.74, 6) is -0.0513. The molecule has 8 nitrogen and oxygen atoms in total. The van der Waals surface area contributed by atoms with Crippen LogP contribution in [0.1, 0.15) is 22.1 Å². The largest absolute Gasteiger partial charge is 0.478 e. The van der Waals surface area contributed by atoms with Gasteiger partial charge in [0, 0.05) is 0 Å². The Labute approximate surface area is 102 Å². The summed E-state index contributed by atoms with van der Waals surface area (Å²) in [6, 6.07) is 1.33. The number of nitrogens with one attached hydrogen (secondary N) is 1. The van der Waals surface area contributed by atoms with Gasteiger partial charge in [-0.05, 0) is 13.0 Å². The molecule has 0 spiro atoms. The van der Waals surface area contributed by atoms with E-state index >= 15 is 0 Å². The summed E-state index contributed by atoms with van der Waals surface area (Å²) < 4.78 is 4.89. The molecule has 0 aliphatic rings. The maximum atomic E-state index is 11.0. The van der Waals surface area contributed by atoms with Crippen molar-refractivity contribution in [2.75, 3.05) is 11.1 Å². The zero-order valence-corrected chi connectivity index (χ0v) is 9.54. The molecule has 0 atom stereocenters. The molecule has 0 bridgehead atoms. The lowest BCUT2D eigenvalue weighted by molar-refractivity contribution is 0.0697. The van der Waals surface area contributed by atoms with Crippen molar-refractivity contribution < 1.29 is 14.4 Å². The number of hydrogen-bond donors (Lipinski definition) is 3. The second-order valence-electron chi connectivity index (χ2n) is 3.56. The van der Waals surface area contributed by atoms with E-state index in [0.717, 1.165) is 0 Å². The number of carboxylic acid groups (broad SMARTS) is 1. The van der Waals surface area contributed by atoms with Crippen LogP contribution in [0, 0.1) is 6.92 Å². The number of nitrogens with two attached hydrogens (primary N) is 1. The molecule has 2 rings (SSSR count). The standard InChI is InChI=1S/C10H11N5O3/c1-5-14-8(18-15-5)4-13-9-7(10(16)17)2-6(11)3-12-9/h2-3H,4,11H2,1H3,(H,12,13)(H,16,17). The number of anilines is 2. The van der Waals surface area contributed by atoms with Crippen LogP contribution in [0.4, 0.5) is 11.5 Å². The smallest absolute Gasteiger partial charge is 0.339 e. The number of nitrogen functional groups attached to an aromatic ring is 1. The van der Waals surface area contributed by atoms with Gasteiger partial charge in [0.05, 0.1) is 18.4 Å². The van der Waals surface area contributed by atoms with E-state index in [2.05, 4.69) is 20.4 Å². The SMILES string of the molecule is Cc1noc(CNc2ncc(N)cc2C(=O)O)n1. The molecule has 0 saturated carbocycles. The first kappa shape index (κ1) is 11.8. The first-order chi connectivity index (χ1) is 8.56. The van der Waals surface area contributed by atoms with Crippen LogP contribution in [0.5, 0.6) is 0 Å². The molecule has 0 saturated heterocycles. The van der Waals surface area contributed by atoms with Gasteiger partial charge in [-0.25, -0.2) is 9.78 Å². The van der Waals surface area contributed by atoms with Crippen LogP contribution in [-0.4, -0.2) is 26.2 Å². The third-order valence-electron chi connectivity index (χ3n) is 2.12. The van der Waals surface area contributed by atoms with E-state index in [1.807, 2.05) is 0 Å². The highest BCUT2D eigenvalue weighted by atomic mass is 16.5. The Bertz CT molecular complexity index is 581. The minimum atomic E-state index is -1.11. The van der Waals surface area contributed by atoms with Crippen molar-refractivity contribution in [1.29, 1.82) is 0 Å². The van der Waals surface area contributed by atoms with Crippen molar-refractivity contribution in [3.05, 3.63) is 29.5 Å². The average Bonchev–Trinajstić information content (AvgIpc) is 2.73. The molecule has 0 aliphatic carbocycles. The van der Waals surface area contributed by atoms with Gasteiger partial charge in [0.1, 0.15) is 11.4 Å². The van der Waals surface area contributed by atoms with Crippen molar-refractivity contribution in [3.8, 4) is 0 Å². The molecular formula is C10H11N5O3. The van der Waals surface area contributed by atoms with Crippen LogP contribution in [0.3, 0.4) is 0 Å². The molecule has 18 heavy (non-hydrogen) atoms. The Balaban J connectivity index is 2.16. The van der Waals surface area contributed by atoms with Gasteiger partial charge in [-0.2, -0.15) is 4.98 Å². The van der Waals surface area contributed by atoms with Crippen molar-refractivity contribution in [2.24, 2.45) is 0 Å². The number of aromatic nitrogens is 3. The summed E-state index contributed by atoms with van der Waals surface area (Å²) in [5.41, 5.74) is 5.76. The van der Waals surface area contributed by atoms with E-state index in [4.69, 9.17) is 15.4 Å². The zero-order chi connectivity index (χ0) is 13.1. The Hall–Kier alpha value is -2.64. The van der Waals surface area contributed by atoms with Crippen LogP contribution < -0.4 is 11.1 Å². The minimum absolute atomic E-state index is 0.00811. The van der Waals surface area contributed by atoms with Crippen LogP contribution >= 0.6 is 0 Å². The van der Waals surface area contributed by atoms with Gasteiger partial charge in [-0.3, -0.25) is 0 Å². The average molecular weight is 249 g/mol. The summed E-state index contributed by atoms with van der Waals surface area (Å²) in [6.45, 7) is 1.88. The number of aromatic carboxylic acids is 1. The quantitative estimate of drug-likeness (QED) is 0.721. The minimum Gasteiger partial charge on any atom is -0.478 e. The fourth-order valence-electron chi connectivity index (χ4n) is 1.36. The fourth-order valence-corrected chi connectivity index (χ4v) is 1.36. The van der Waals surface area contributed by atoms with Crippen LogP contribution in [0.25, 0.3) is 0 Å². The number of pyridine rings is 1. The Morgan fingerprint density at radius 1 is 1.61 bits per heavy atom. The van der Waals surface area contributed by atoms with E-state index in [0.29, 0.717) is 11.7 Å². The monoisotopic (exact) mass is 249 g/mol. The molecule has 94 valence electrons. The number of hydrogen-bond acceptors (Lipinski definition) is 7. The predicted molar refractivity (Wildman–Crippen MR) is 62.0 cm³/mol. The lowest BCUT2D eigenvalue weighted by Crippen LogP contribution is -2.09. The second kappa shape index (κ2) is 4.70. The van der Waals surface area contributed by atoms with Crippen molar-refractivity contribution in [2.45, 2.75) is 13.5 Å². The predicted octanol–water partition coefficient (Wildman–Crippen LogP) is 0.666. The Morgan fingerprint density at radius 3 is 3.00 bits per heavy atom. The van der Waals surface area contributed by atoms with Crippen LogP contribution in [-0.2, 0) is 6.54 Å². The third-order valence-corrected chi connectivity index (χ3v) is 2.12. The molecule has 0 unspecified atom stereocenters. The lowest BCUT2D eigenvalue weighted by atomic mass is 10.2. The lowest BCUT2D eigenvalue weighted by Gasteiger charge is -2.06. The van der Waals surface area contributed by atoms with Gasteiger partial charge in [0.2, 0.25) is 5.89 Å². The summed E-state index contributed by atoms with van der Waals surface area (Å²) in [6.07, 6.45) is 1.37. The molecule has 0 fully saturated rings. The van der Waals surface area contributed by atoms with Crippen molar-refractivity contribution in [1.82, 2.24) is 15.1 Å². The summed E-state index contributed by atoms with van der Waals surface area (Å²) >= 11 is 0.